The maximum Gasteiger partial charge on any atom is 0.326 e. The first-order chi connectivity index (χ1) is 11.5. The van der Waals surface area contributed by atoms with Gasteiger partial charge in [0.15, 0.2) is 5.69 Å². The molecule has 0 radical (unpaired) electrons. The summed E-state index contributed by atoms with van der Waals surface area (Å²) in [6, 6.07) is 7.28. The molecule has 1 saturated heterocycles. The number of aromatic nitrogens is 1. The van der Waals surface area contributed by atoms with E-state index in [2.05, 4.69) is 4.98 Å². The average Bonchev–Trinajstić information content (AvgIpc) is 3.05. The fraction of sp³-hybridized carbons (Fsp3) is 0.250. The van der Waals surface area contributed by atoms with E-state index in [1.165, 1.54) is 36.4 Å². The number of nitro groups is 1. The van der Waals surface area contributed by atoms with Gasteiger partial charge in [-0.3, -0.25) is 10.1 Å². The second-order valence-corrected chi connectivity index (χ2v) is 5.49. The predicted octanol–water partition coefficient (Wildman–Crippen LogP) is 2.85. The molecule has 1 aromatic carbocycles. The van der Waals surface area contributed by atoms with E-state index in [1.807, 2.05) is 0 Å². The number of rotatable bonds is 4. The summed E-state index contributed by atoms with van der Waals surface area (Å²) >= 11 is 0. The summed E-state index contributed by atoms with van der Waals surface area (Å²) in [4.78, 5) is 28.0. The van der Waals surface area contributed by atoms with Gasteiger partial charge in [0, 0.05) is 18.2 Å². The summed E-state index contributed by atoms with van der Waals surface area (Å²) in [7, 11) is 0. The van der Waals surface area contributed by atoms with Gasteiger partial charge in [-0.15, -0.1) is 0 Å². The summed E-state index contributed by atoms with van der Waals surface area (Å²) in [5.74, 6) is -1.04. The maximum absolute atomic E-state index is 13.1. The Labute approximate surface area is 136 Å². The van der Waals surface area contributed by atoms with Crippen molar-refractivity contribution in [3.8, 4) is 11.3 Å². The van der Waals surface area contributed by atoms with Crippen LogP contribution in [0, 0.1) is 15.9 Å². The van der Waals surface area contributed by atoms with Gasteiger partial charge in [-0.05, 0) is 43.2 Å². The number of pyridine rings is 1. The third-order valence-corrected chi connectivity index (χ3v) is 4.01. The normalized spacial score (nSPS) is 17.0. The maximum atomic E-state index is 13.1. The van der Waals surface area contributed by atoms with E-state index in [1.54, 1.807) is 4.90 Å². The van der Waals surface area contributed by atoms with Crippen LogP contribution in [-0.4, -0.2) is 33.6 Å². The van der Waals surface area contributed by atoms with E-state index in [9.17, 15) is 24.4 Å². The molecule has 0 spiro atoms. The first-order valence-corrected chi connectivity index (χ1v) is 7.38. The number of aliphatic carboxylic acids is 1. The molecule has 0 aliphatic carbocycles. The lowest BCUT2D eigenvalue weighted by Crippen LogP contribution is -2.36. The molecular weight excluding hydrogens is 317 g/mol. The Hall–Kier alpha value is -3.03. The summed E-state index contributed by atoms with van der Waals surface area (Å²) in [5.41, 5.74) is 0.279. The van der Waals surface area contributed by atoms with Crippen LogP contribution in [0.15, 0.2) is 36.4 Å². The molecule has 1 N–H and O–H groups in total. The van der Waals surface area contributed by atoms with Crippen LogP contribution in [0.2, 0.25) is 0 Å². The van der Waals surface area contributed by atoms with Crippen LogP contribution in [0.25, 0.3) is 11.3 Å². The fourth-order valence-electron chi connectivity index (χ4n) is 2.87. The van der Waals surface area contributed by atoms with Crippen molar-refractivity contribution < 1.29 is 19.2 Å². The van der Waals surface area contributed by atoms with E-state index < -0.39 is 22.8 Å². The quantitative estimate of drug-likeness (QED) is 0.683. The lowest BCUT2D eigenvalue weighted by molar-refractivity contribution is -0.384. The standard InChI is InChI=1S/C16H14FN3O4/c17-11-5-3-10(4-6-11)15-12(20(23)24)7-8-14(18-15)19-9-1-2-13(19)16(21)22/h3-8,13H,1-2,9H2,(H,21,22)/t13-/m0/s1. The van der Waals surface area contributed by atoms with Crippen molar-refractivity contribution in [2.45, 2.75) is 18.9 Å². The minimum absolute atomic E-state index is 0.0912. The first kappa shape index (κ1) is 15.9. The SMILES string of the molecule is O=C(O)[C@@H]1CCCN1c1ccc([N+](=O)[O-])c(-c2ccc(F)cc2)n1. The number of halogens is 1. The Morgan fingerprint density at radius 3 is 2.62 bits per heavy atom. The van der Waals surface area contributed by atoms with Crippen LogP contribution in [0.1, 0.15) is 12.8 Å². The summed E-state index contributed by atoms with van der Waals surface area (Å²) in [6.07, 6.45) is 1.21. The van der Waals surface area contributed by atoms with Gasteiger partial charge in [-0.2, -0.15) is 0 Å². The smallest absolute Gasteiger partial charge is 0.326 e. The summed E-state index contributed by atoms with van der Waals surface area (Å²) in [5, 5.41) is 20.5. The second-order valence-electron chi connectivity index (χ2n) is 5.49. The van der Waals surface area contributed by atoms with E-state index in [0.29, 0.717) is 30.8 Å². The molecule has 0 saturated carbocycles. The highest BCUT2D eigenvalue weighted by molar-refractivity contribution is 5.79. The number of anilines is 1. The van der Waals surface area contributed by atoms with Gasteiger partial charge in [-0.1, -0.05) is 0 Å². The second kappa shape index (κ2) is 6.23. The summed E-state index contributed by atoms with van der Waals surface area (Å²) < 4.78 is 13.1. The zero-order chi connectivity index (χ0) is 17.3. The Bertz CT molecular complexity index is 794. The van der Waals surface area contributed by atoms with E-state index in [4.69, 9.17) is 0 Å². The molecular formula is C16H14FN3O4. The molecule has 1 aliphatic heterocycles. The van der Waals surface area contributed by atoms with Crippen molar-refractivity contribution in [1.29, 1.82) is 0 Å². The number of carboxylic acid groups (broad SMARTS) is 1. The van der Waals surface area contributed by atoms with Gasteiger partial charge < -0.3 is 10.0 Å². The zero-order valence-corrected chi connectivity index (χ0v) is 12.6. The number of benzene rings is 1. The highest BCUT2D eigenvalue weighted by Crippen LogP contribution is 2.32. The largest absolute Gasteiger partial charge is 0.480 e. The zero-order valence-electron chi connectivity index (χ0n) is 12.6. The molecule has 0 unspecified atom stereocenters. The van der Waals surface area contributed by atoms with E-state index in [-0.39, 0.29) is 11.4 Å². The van der Waals surface area contributed by atoms with Gasteiger partial charge in [0.2, 0.25) is 0 Å². The highest BCUT2D eigenvalue weighted by Gasteiger charge is 2.32. The lowest BCUT2D eigenvalue weighted by atomic mass is 10.1. The van der Waals surface area contributed by atoms with Crippen molar-refractivity contribution in [3.63, 3.8) is 0 Å². The van der Waals surface area contributed by atoms with Crippen LogP contribution in [0.3, 0.4) is 0 Å². The molecule has 2 aromatic rings. The van der Waals surface area contributed by atoms with Gasteiger partial charge in [0.05, 0.1) is 4.92 Å². The molecule has 1 atom stereocenters. The first-order valence-electron chi connectivity index (χ1n) is 7.38. The molecule has 8 heteroatoms. The molecule has 7 nitrogen and oxygen atoms in total. The van der Waals surface area contributed by atoms with Crippen LogP contribution >= 0.6 is 0 Å². The van der Waals surface area contributed by atoms with Crippen molar-refractivity contribution in [3.05, 3.63) is 52.3 Å². The average molecular weight is 331 g/mol. The highest BCUT2D eigenvalue weighted by atomic mass is 19.1. The summed E-state index contributed by atoms with van der Waals surface area (Å²) in [6.45, 7) is 0.518. The Morgan fingerprint density at radius 2 is 2.00 bits per heavy atom. The minimum Gasteiger partial charge on any atom is -0.480 e. The number of hydrogen-bond donors (Lipinski definition) is 1. The molecule has 1 aliphatic rings. The topological polar surface area (TPSA) is 96.6 Å². The van der Waals surface area contributed by atoms with Crippen LogP contribution in [0.5, 0.6) is 0 Å². The molecule has 1 aromatic heterocycles. The molecule has 3 rings (SSSR count). The van der Waals surface area contributed by atoms with Gasteiger partial charge in [0.25, 0.3) is 5.69 Å². The Balaban J connectivity index is 2.07. The Morgan fingerprint density at radius 1 is 1.29 bits per heavy atom. The van der Waals surface area contributed by atoms with Crippen molar-refractivity contribution in [1.82, 2.24) is 4.98 Å². The molecule has 0 amide bonds. The minimum atomic E-state index is -0.948. The van der Waals surface area contributed by atoms with Crippen LogP contribution < -0.4 is 4.90 Å². The van der Waals surface area contributed by atoms with E-state index >= 15 is 0 Å². The van der Waals surface area contributed by atoms with Crippen molar-refractivity contribution in [2.24, 2.45) is 0 Å². The third kappa shape index (κ3) is 2.90. The molecule has 124 valence electrons. The monoisotopic (exact) mass is 331 g/mol. The third-order valence-electron chi connectivity index (χ3n) is 4.01. The van der Waals surface area contributed by atoms with Gasteiger partial charge in [-0.25, -0.2) is 14.2 Å². The number of nitrogens with zero attached hydrogens (tertiary/aromatic N) is 3. The van der Waals surface area contributed by atoms with Crippen molar-refractivity contribution >= 4 is 17.5 Å². The van der Waals surface area contributed by atoms with Crippen LogP contribution in [0.4, 0.5) is 15.9 Å². The predicted molar refractivity (Wildman–Crippen MR) is 84.3 cm³/mol. The van der Waals surface area contributed by atoms with E-state index in [0.717, 1.165) is 0 Å². The molecule has 2 heterocycles. The molecule has 0 bridgehead atoms. The van der Waals surface area contributed by atoms with Crippen LogP contribution in [-0.2, 0) is 4.79 Å². The van der Waals surface area contributed by atoms with Gasteiger partial charge in [0.1, 0.15) is 17.7 Å². The van der Waals surface area contributed by atoms with Gasteiger partial charge >= 0.3 is 5.97 Å². The molecule has 1 fully saturated rings. The van der Waals surface area contributed by atoms with Crippen molar-refractivity contribution in [2.75, 3.05) is 11.4 Å². The number of hydrogen-bond acceptors (Lipinski definition) is 5. The molecule has 24 heavy (non-hydrogen) atoms. The number of carboxylic acids is 1. The Kier molecular flexibility index (Phi) is 4.11. The fourth-order valence-corrected chi connectivity index (χ4v) is 2.87. The number of carbonyl (C=O) groups is 1. The lowest BCUT2D eigenvalue weighted by Gasteiger charge is -2.22.